The molecule has 5 heteroatoms. The number of ether oxygens (including phenoxy) is 3. The monoisotopic (exact) mass is 326 g/mol. The van der Waals surface area contributed by atoms with Gasteiger partial charge < -0.3 is 14.2 Å². The third kappa shape index (κ3) is 3.31. The number of hydrogen-bond donors (Lipinski definition) is 0. The van der Waals surface area contributed by atoms with Crippen molar-refractivity contribution in [3.05, 3.63) is 47.8 Å². The summed E-state index contributed by atoms with van der Waals surface area (Å²) in [5, 5.41) is 0. The van der Waals surface area contributed by atoms with E-state index in [0.717, 1.165) is 41.6 Å². The zero-order valence-electron chi connectivity index (χ0n) is 13.9. The standard InChI is InChI=1S/C19H22N2O3/c1-22-17-11-19-18(23-8-9-24-19)10-14(17)12-21(16-5-6-16)13-15-4-2-3-7-20-15/h2-4,7,10-11,16H,5-6,8-9,12-13H2,1H3. The smallest absolute Gasteiger partial charge is 0.165 e. The molecule has 2 aliphatic rings. The minimum atomic E-state index is 0.587. The molecule has 0 N–H and O–H groups in total. The Morgan fingerprint density at radius 2 is 1.92 bits per heavy atom. The maximum Gasteiger partial charge on any atom is 0.165 e. The molecule has 0 spiro atoms. The van der Waals surface area contributed by atoms with Gasteiger partial charge in [-0.3, -0.25) is 9.88 Å². The molecule has 0 bridgehead atoms. The summed E-state index contributed by atoms with van der Waals surface area (Å²) in [5.41, 5.74) is 2.23. The largest absolute Gasteiger partial charge is 0.496 e. The Bertz CT molecular complexity index is 701. The fraction of sp³-hybridized carbons (Fsp3) is 0.421. The highest BCUT2D eigenvalue weighted by Gasteiger charge is 2.30. The van der Waals surface area contributed by atoms with Crippen LogP contribution in [0.2, 0.25) is 0 Å². The van der Waals surface area contributed by atoms with Crippen LogP contribution in [0.15, 0.2) is 36.5 Å². The van der Waals surface area contributed by atoms with E-state index < -0.39 is 0 Å². The van der Waals surface area contributed by atoms with Crippen molar-refractivity contribution in [2.24, 2.45) is 0 Å². The molecular weight excluding hydrogens is 304 g/mol. The number of fused-ring (bicyclic) bond motifs is 1. The zero-order chi connectivity index (χ0) is 16.4. The van der Waals surface area contributed by atoms with E-state index in [-0.39, 0.29) is 0 Å². The fourth-order valence-electron chi connectivity index (χ4n) is 3.10. The number of rotatable bonds is 6. The second-order valence-corrected chi connectivity index (χ2v) is 6.26. The Hall–Kier alpha value is -2.27. The van der Waals surface area contributed by atoms with Crippen molar-refractivity contribution in [1.29, 1.82) is 0 Å². The van der Waals surface area contributed by atoms with Crippen LogP contribution < -0.4 is 14.2 Å². The molecule has 1 fully saturated rings. The number of aromatic nitrogens is 1. The van der Waals surface area contributed by atoms with Gasteiger partial charge in [-0.15, -0.1) is 0 Å². The highest BCUT2D eigenvalue weighted by molar-refractivity contribution is 5.51. The fourth-order valence-corrected chi connectivity index (χ4v) is 3.10. The molecule has 1 aromatic heterocycles. The van der Waals surface area contributed by atoms with Crippen molar-refractivity contribution in [3.8, 4) is 17.2 Å². The first-order valence-electron chi connectivity index (χ1n) is 8.44. The predicted molar refractivity (Wildman–Crippen MR) is 90.5 cm³/mol. The topological polar surface area (TPSA) is 43.8 Å². The van der Waals surface area contributed by atoms with E-state index in [1.807, 2.05) is 24.4 Å². The molecule has 0 atom stereocenters. The van der Waals surface area contributed by atoms with E-state index in [4.69, 9.17) is 14.2 Å². The molecule has 0 amide bonds. The molecule has 2 heterocycles. The number of methoxy groups -OCH3 is 1. The first-order chi connectivity index (χ1) is 11.8. The lowest BCUT2D eigenvalue weighted by atomic mass is 10.1. The second kappa shape index (κ2) is 6.69. The van der Waals surface area contributed by atoms with Crippen molar-refractivity contribution in [1.82, 2.24) is 9.88 Å². The quantitative estimate of drug-likeness (QED) is 0.816. The summed E-state index contributed by atoms with van der Waals surface area (Å²) in [5.74, 6) is 2.43. The van der Waals surface area contributed by atoms with Crippen molar-refractivity contribution in [2.75, 3.05) is 20.3 Å². The van der Waals surface area contributed by atoms with Crippen LogP contribution in [0.1, 0.15) is 24.1 Å². The van der Waals surface area contributed by atoms with E-state index >= 15 is 0 Å². The maximum atomic E-state index is 5.73. The van der Waals surface area contributed by atoms with Crippen LogP contribution in [0, 0.1) is 0 Å². The van der Waals surface area contributed by atoms with Crippen LogP contribution >= 0.6 is 0 Å². The Morgan fingerprint density at radius 3 is 2.58 bits per heavy atom. The van der Waals surface area contributed by atoms with E-state index in [1.165, 1.54) is 12.8 Å². The van der Waals surface area contributed by atoms with Crippen LogP contribution in [0.5, 0.6) is 17.2 Å². The van der Waals surface area contributed by atoms with Gasteiger partial charge >= 0.3 is 0 Å². The summed E-state index contributed by atoms with van der Waals surface area (Å²) < 4.78 is 17.0. The molecule has 0 radical (unpaired) electrons. The summed E-state index contributed by atoms with van der Waals surface area (Å²) in [6, 6.07) is 10.7. The number of hydrogen-bond acceptors (Lipinski definition) is 5. The van der Waals surface area contributed by atoms with Crippen LogP contribution in [-0.4, -0.2) is 36.2 Å². The molecule has 4 rings (SSSR count). The first kappa shape index (κ1) is 15.3. The third-order valence-corrected chi connectivity index (χ3v) is 4.47. The summed E-state index contributed by atoms with van der Waals surface area (Å²) >= 11 is 0. The van der Waals surface area contributed by atoms with Gasteiger partial charge in [-0.25, -0.2) is 0 Å². The lowest BCUT2D eigenvalue weighted by Crippen LogP contribution is -2.26. The highest BCUT2D eigenvalue weighted by Crippen LogP contribution is 2.38. The van der Waals surface area contributed by atoms with Gasteiger partial charge in [0.15, 0.2) is 11.5 Å². The molecule has 24 heavy (non-hydrogen) atoms. The highest BCUT2D eigenvalue weighted by atomic mass is 16.6. The van der Waals surface area contributed by atoms with Gasteiger partial charge in [0.25, 0.3) is 0 Å². The Labute approximate surface area is 142 Å². The SMILES string of the molecule is COc1cc2c(cc1CN(Cc1ccccn1)C1CC1)OCCO2. The molecule has 5 nitrogen and oxygen atoms in total. The summed E-state index contributed by atoms with van der Waals surface area (Å²) in [4.78, 5) is 6.93. The molecule has 1 aromatic carbocycles. The molecule has 1 aliphatic carbocycles. The van der Waals surface area contributed by atoms with Crippen LogP contribution in [0.4, 0.5) is 0 Å². The average Bonchev–Trinajstić information content (AvgIpc) is 3.46. The maximum absolute atomic E-state index is 5.73. The van der Waals surface area contributed by atoms with Gasteiger partial charge in [-0.1, -0.05) is 6.07 Å². The molecule has 1 saturated carbocycles. The van der Waals surface area contributed by atoms with Gasteiger partial charge in [0.2, 0.25) is 0 Å². The minimum Gasteiger partial charge on any atom is -0.496 e. The predicted octanol–water partition coefficient (Wildman–Crippen LogP) is 3.03. The van der Waals surface area contributed by atoms with E-state index in [2.05, 4.69) is 22.0 Å². The zero-order valence-corrected chi connectivity index (χ0v) is 13.9. The molecule has 2 aromatic rings. The average molecular weight is 326 g/mol. The summed E-state index contributed by atoms with van der Waals surface area (Å²) in [7, 11) is 1.70. The minimum absolute atomic E-state index is 0.587. The number of nitrogens with zero attached hydrogens (tertiary/aromatic N) is 2. The van der Waals surface area contributed by atoms with Gasteiger partial charge in [-0.2, -0.15) is 0 Å². The van der Waals surface area contributed by atoms with Crippen molar-refractivity contribution in [2.45, 2.75) is 32.0 Å². The molecular formula is C19H22N2O3. The Morgan fingerprint density at radius 1 is 1.12 bits per heavy atom. The van der Waals surface area contributed by atoms with E-state index in [9.17, 15) is 0 Å². The van der Waals surface area contributed by atoms with Crippen molar-refractivity contribution in [3.63, 3.8) is 0 Å². The molecule has 1 aliphatic heterocycles. The molecule has 0 saturated heterocycles. The van der Waals surface area contributed by atoms with Crippen LogP contribution in [-0.2, 0) is 13.1 Å². The Balaban J connectivity index is 1.57. The lowest BCUT2D eigenvalue weighted by Gasteiger charge is -2.25. The number of pyridine rings is 1. The van der Waals surface area contributed by atoms with Gasteiger partial charge in [-0.05, 0) is 31.0 Å². The van der Waals surface area contributed by atoms with E-state index in [1.54, 1.807) is 7.11 Å². The van der Waals surface area contributed by atoms with E-state index in [0.29, 0.717) is 19.3 Å². The van der Waals surface area contributed by atoms with Crippen LogP contribution in [0.3, 0.4) is 0 Å². The summed E-state index contributed by atoms with van der Waals surface area (Å²) in [6.45, 7) is 2.85. The summed E-state index contributed by atoms with van der Waals surface area (Å²) in [6.07, 6.45) is 4.35. The third-order valence-electron chi connectivity index (χ3n) is 4.47. The van der Waals surface area contributed by atoms with Gasteiger partial charge in [0.05, 0.1) is 12.8 Å². The second-order valence-electron chi connectivity index (χ2n) is 6.26. The molecule has 126 valence electrons. The lowest BCUT2D eigenvalue weighted by molar-refractivity contribution is 0.169. The Kier molecular flexibility index (Phi) is 4.26. The van der Waals surface area contributed by atoms with Crippen LogP contribution in [0.25, 0.3) is 0 Å². The van der Waals surface area contributed by atoms with Crippen molar-refractivity contribution < 1.29 is 14.2 Å². The molecule has 0 unspecified atom stereocenters. The normalized spacial score (nSPS) is 16.2. The first-order valence-corrected chi connectivity index (χ1v) is 8.44. The number of benzene rings is 1. The van der Waals surface area contributed by atoms with Crippen molar-refractivity contribution >= 4 is 0 Å². The van der Waals surface area contributed by atoms with Gasteiger partial charge in [0, 0.05) is 37.0 Å². The van der Waals surface area contributed by atoms with Gasteiger partial charge in [0.1, 0.15) is 19.0 Å².